The van der Waals surface area contributed by atoms with Gasteiger partial charge in [-0.15, -0.1) is 0 Å². The Labute approximate surface area is 145 Å². The first-order valence-electron chi connectivity index (χ1n) is 7.44. The number of hydrogen-bond acceptors (Lipinski definition) is 4. The summed E-state index contributed by atoms with van der Waals surface area (Å²) in [6.45, 7) is 0.556. The molecule has 0 saturated carbocycles. The molecule has 1 aromatic carbocycles. The van der Waals surface area contributed by atoms with Gasteiger partial charge in [0.15, 0.2) is 6.61 Å². The SMILES string of the molecule is O=C(CCNC(=O)COc1ccc(Cl)cc1)NCc1cccnc1. The number of nitrogens with zero attached hydrogens (tertiary/aromatic N) is 1. The van der Waals surface area contributed by atoms with Crippen LogP contribution < -0.4 is 15.4 Å². The molecule has 24 heavy (non-hydrogen) atoms. The number of carbonyl (C=O) groups excluding carboxylic acids is 2. The molecule has 6 nitrogen and oxygen atoms in total. The van der Waals surface area contributed by atoms with Crippen LogP contribution in [0.3, 0.4) is 0 Å². The van der Waals surface area contributed by atoms with Crippen LogP contribution in [0.5, 0.6) is 5.75 Å². The van der Waals surface area contributed by atoms with Crippen molar-refractivity contribution in [1.82, 2.24) is 15.6 Å². The molecule has 126 valence electrons. The summed E-state index contributed by atoms with van der Waals surface area (Å²) in [5.74, 6) is 0.131. The second-order valence-corrected chi connectivity index (χ2v) is 5.42. The fourth-order valence-electron chi connectivity index (χ4n) is 1.84. The van der Waals surface area contributed by atoms with E-state index in [2.05, 4.69) is 15.6 Å². The molecule has 0 aliphatic carbocycles. The molecular formula is C17H18ClN3O3. The molecule has 2 rings (SSSR count). The highest BCUT2D eigenvalue weighted by Crippen LogP contribution is 2.15. The number of rotatable bonds is 8. The molecule has 0 aliphatic heterocycles. The van der Waals surface area contributed by atoms with Gasteiger partial charge in [0.2, 0.25) is 5.91 Å². The van der Waals surface area contributed by atoms with Crippen molar-refractivity contribution in [2.24, 2.45) is 0 Å². The Kier molecular flexibility index (Phi) is 7.04. The highest BCUT2D eigenvalue weighted by molar-refractivity contribution is 6.30. The van der Waals surface area contributed by atoms with Crippen molar-refractivity contribution in [3.05, 3.63) is 59.4 Å². The number of halogens is 1. The van der Waals surface area contributed by atoms with Crippen LogP contribution in [-0.4, -0.2) is 29.9 Å². The fraction of sp³-hybridized carbons (Fsp3) is 0.235. The molecule has 0 aliphatic rings. The van der Waals surface area contributed by atoms with Gasteiger partial charge in [0.25, 0.3) is 5.91 Å². The van der Waals surface area contributed by atoms with Gasteiger partial charge in [-0.2, -0.15) is 0 Å². The van der Waals surface area contributed by atoms with Crippen LogP contribution in [0.1, 0.15) is 12.0 Å². The average Bonchev–Trinajstić information content (AvgIpc) is 2.60. The molecule has 0 spiro atoms. The van der Waals surface area contributed by atoms with Crippen molar-refractivity contribution in [2.45, 2.75) is 13.0 Å². The molecule has 2 amide bonds. The van der Waals surface area contributed by atoms with Crippen LogP contribution in [0.2, 0.25) is 5.02 Å². The lowest BCUT2D eigenvalue weighted by Gasteiger charge is -2.08. The Morgan fingerprint density at radius 3 is 2.58 bits per heavy atom. The van der Waals surface area contributed by atoms with E-state index in [4.69, 9.17) is 16.3 Å². The highest BCUT2D eigenvalue weighted by Gasteiger charge is 2.05. The first kappa shape index (κ1) is 17.7. The van der Waals surface area contributed by atoms with E-state index in [0.717, 1.165) is 5.56 Å². The van der Waals surface area contributed by atoms with Gasteiger partial charge in [0.05, 0.1) is 0 Å². The Hall–Kier alpha value is -2.60. The summed E-state index contributed by atoms with van der Waals surface area (Å²) in [7, 11) is 0. The monoisotopic (exact) mass is 347 g/mol. The van der Waals surface area contributed by atoms with Crippen molar-refractivity contribution in [3.8, 4) is 5.75 Å². The normalized spacial score (nSPS) is 10.0. The molecule has 0 bridgehead atoms. The Morgan fingerprint density at radius 2 is 1.88 bits per heavy atom. The van der Waals surface area contributed by atoms with E-state index < -0.39 is 0 Å². The predicted octanol–water partition coefficient (Wildman–Crippen LogP) is 1.94. The number of benzene rings is 1. The van der Waals surface area contributed by atoms with Crippen molar-refractivity contribution in [1.29, 1.82) is 0 Å². The van der Waals surface area contributed by atoms with Gasteiger partial charge in [0, 0.05) is 36.9 Å². The summed E-state index contributed by atoms with van der Waals surface area (Å²) in [6, 6.07) is 10.4. The molecule has 0 unspecified atom stereocenters. The first-order valence-corrected chi connectivity index (χ1v) is 7.82. The minimum Gasteiger partial charge on any atom is -0.484 e. The summed E-state index contributed by atoms with van der Waals surface area (Å²) in [4.78, 5) is 27.3. The fourth-order valence-corrected chi connectivity index (χ4v) is 1.96. The molecule has 1 heterocycles. The van der Waals surface area contributed by atoms with Crippen molar-refractivity contribution in [2.75, 3.05) is 13.2 Å². The van der Waals surface area contributed by atoms with Crippen LogP contribution in [0.4, 0.5) is 0 Å². The topological polar surface area (TPSA) is 80.3 Å². The molecule has 2 aromatic rings. The molecule has 0 atom stereocenters. The van der Waals surface area contributed by atoms with Crippen LogP contribution in [-0.2, 0) is 16.1 Å². The molecule has 0 fully saturated rings. The minimum atomic E-state index is -0.287. The van der Waals surface area contributed by atoms with E-state index in [9.17, 15) is 9.59 Å². The van der Waals surface area contributed by atoms with Gasteiger partial charge in [0.1, 0.15) is 5.75 Å². The maximum Gasteiger partial charge on any atom is 0.257 e. The standard InChI is InChI=1S/C17H18ClN3O3/c18-14-3-5-15(6-4-14)24-12-17(23)20-9-7-16(22)21-11-13-2-1-8-19-10-13/h1-6,8,10H,7,9,11-12H2,(H,20,23)(H,21,22). The van der Waals surface area contributed by atoms with E-state index in [1.165, 1.54) is 0 Å². The number of carbonyl (C=O) groups is 2. The predicted molar refractivity (Wildman–Crippen MR) is 90.7 cm³/mol. The number of hydrogen-bond donors (Lipinski definition) is 2. The lowest BCUT2D eigenvalue weighted by atomic mass is 10.3. The summed E-state index contributed by atoms with van der Waals surface area (Å²) in [5.41, 5.74) is 0.922. The van der Waals surface area contributed by atoms with Gasteiger partial charge in [-0.25, -0.2) is 0 Å². The van der Waals surface area contributed by atoms with Crippen LogP contribution in [0.15, 0.2) is 48.8 Å². The maximum absolute atomic E-state index is 11.7. The lowest BCUT2D eigenvalue weighted by Crippen LogP contribution is -2.33. The molecular weight excluding hydrogens is 330 g/mol. The third-order valence-corrected chi connectivity index (χ3v) is 3.32. The van der Waals surface area contributed by atoms with E-state index in [-0.39, 0.29) is 31.4 Å². The van der Waals surface area contributed by atoms with Crippen LogP contribution >= 0.6 is 11.6 Å². The van der Waals surface area contributed by atoms with Crippen molar-refractivity contribution >= 4 is 23.4 Å². The quantitative estimate of drug-likeness (QED) is 0.764. The second-order valence-electron chi connectivity index (χ2n) is 4.98. The zero-order valence-electron chi connectivity index (χ0n) is 13.0. The van der Waals surface area contributed by atoms with Gasteiger partial charge >= 0.3 is 0 Å². The average molecular weight is 348 g/mol. The van der Waals surface area contributed by atoms with Gasteiger partial charge in [-0.1, -0.05) is 17.7 Å². The Balaban J connectivity index is 1.58. The number of ether oxygens (including phenoxy) is 1. The van der Waals surface area contributed by atoms with Crippen LogP contribution in [0, 0.1) is 0 Å². The van der Waals surface area contributed by atoms with Crippen molar-refractivity contribution < 1.29 is 14.3 Å². The molecule has 2 N–H and O–H groups in total. The zero-order chi connectivity index (χ0) is 17.2. The zero-order valence-corrected chi connectivity index (χ0v) is 13.8. The lowest BCUT2D eigenvalue weighted by molar-refractivity contribution is -0.123. The minimum absolute atomic E-state index is 0.112. The van der Waals surface area contributed by atoms with E-state index in [1.807, 2.05) is 12.1 Å². The molecule has 7 heteroatoms. The largest absolute Gasteiger partial charge is 0.484 e. The molecule has 0 radical (unpaired) electrons. The van der Waals surface area contributed by atoms with Gasteiger partial charge < -0.3 is 15.4 Å². The van der Waals surface area contributed by atoms with E-state index in [1.54, 1.807) is 36.7 Å². The van der Waals surface area contributed by atoms with Gasteiger partial charge in [-0.05, 0) is 35.9 Å². The van der Waals surface area contributed by atoms with E-state index in [0.29, 0.717) is 17.3 Å². The van der Waals surface area contributed by atoms with Crippen molar-refractivity contribution in [3.63, 3.8) is 0 Å². The van der Waals surface area contributed by atoms with Crippen LogP contribution in [0.25, 0.3) is 0 Å². The first-order chi connectivity index (χ1) is 11.6. The highest BCUT2D eigenvalue weighted by atomic mass is 35.5. The summed E-state index contributed by atoms with van der Waals surface area (Å²) >= 11 is 5.76. The number of aromatic nitrogens is 1. The third-order valence-electron chi connectivity index (χ3n) is 3.07. The number of pyridine rings is 1. The molecule has 0 saturated heterocycles. The van der Waals surface area contributed by atoms with E-state index >= 15 is 0 Å². The molecule has 1 aromatic heterocycles. The number of amides is 2. The smallest absolute Gasteiger partial charge is 0.257 e. The third kappa shape index (κ3) is 6.66. The summed E-state index contributed by atoms with van der Waals surface area (Å²) in [6.07, 6.45) is 3.57. The summed E-state index contributed by atoms with van der Waals surface area (Å²) < 4.78 is 5.31. The summed E-state index contributed by atoms with van der Waals surface area (Å²) in [5, 5.41) is 5.99. The number of nitrogens with one attached hydrogen (secondary N) is 2. The van der Waals surface area contributed by atoms with Gasteiger partial charge in [-0.3, -0.25) is 14.6 Å². The Bertz CT molecular complexity index is 663. The second kappa shape index (κ2) is 9.52. The Morgan fingerprint density at radius 1 is 1.08 bits per heavy atom. The maximum atomic E-state index is 11.7.